The molecule has 0 aliphatic rings. The lowest BCUT2D eigenvalue weighted by Crippen LogP contribution is -2.28. The van der Waals surface area contributed by atoms with Gasteiger partial charge in [-0.3, -0.25) is 4.79 Å². The second-order valence-electron chi connectivity index (χ2n) is 3.43. The Bertz CT molecular complexity index is 379. The summed E-state index contributed by atoms with van der Waals surface area (Å²) in [6.07, 6.45) is 4.61. The van der Waals surface area contributed by atoms with Gasteiger partial charge in [0.25, 0.3) is 5.82 Å². The maximum absolute atomic E-state index is 11.4. The van der Waals surface area contributed by atoms with E-state index in [1.54, 1.807) is 6.07 Å². The molecule has 0 aliphatic heterocycles. The van der Waals surface area contributed by atoms with Crippen LogP contribution in [0.4, 0.5) is 0 Å². The summed E-state index contributed by atoms with van der Waals surface area (Å²) in [7, 11) is 0. The molecule has 1 heterocycles. The van der Waals surface area contributed by atoms with Gasteiger partial charge in [-0.05, 0) is 6.42 Å². The van der Waals surface area contributed by atoms with Gasteiger partial charge in [0, 0.05) is 6.54 Å². The molecule has 1 aromatic rings. The largest absolute Gasteiger partial charge is 0.354 e. The van der Waals surface area contributed by atoms with Crippen molar-refractivity contribution in [2.75, 3.05) is 6.54 Å². The van der Waals surface area contributed by atoms with Gasteiger partial charge >= 0.3 is 0 Å². The molecule has 0 aliphatic carbocycles. The number of carbonyl (C=O) groups excluding carboxylic acids is 1. The Balaban J connectivity index is 2.26. The van der Waals surface area contributed by atoms with E-state index in [-0.39, 0.29) is 18.3 Å². The van der Waals surface area contributed by atoms with E-state index in [4.69, 9.17) is 5.26 Å². The summed E-state index contributed by atoms with van der Waals surface area (Å²) in [5.41, 5.74) is 0. The number of unbranched alkanes of at least 4 members (excludes halogenated alkanes) is 2. The standard InChI is InChI=1S/C10H15N5O/c1-2-3-4-5-12-10(16)7-15-8-13-9(6-11)14-15/h8H,2-5,7H2,1H3,(H,12,16). The lowest BCUT2D eigenvalue weighted by molar-refractivity contribution is -0.121. The summed E-state index contributed by atoms with van der Waals surface area (Å²) >= 11 is 0. The second kappa shape index (κ2) is 6.56. The Hall–Kier alpha value is -1.90. The number of hydrogen-bond acceptors (Lipinski definition) is 4. The molecule has 0 atom stereocenters. The van der Waals surface area contributed by atoms with Crippen molar-refractivity contribution in [2.24, 2.45) is 0 Å². The van der Waals surface area contributed by atoms with Gasteiger partial charge in [0.05, 0.1) is 0 Å². The SMILES string of the molecule is CCCCCNC(=O)Cn1cnc(C#N)n1. The van der Waals surface area contributed by atoms with E-state index in [2.05, 4.69) is 22.3 Å². The van der Waals surface area contributed by atoms with Crippen LogP contribution < -0.4 is 5.32 Å². The molecular formula is C10H15N5O. The third-order valence-electron chi connectivity index (χ3n) is 2.04. The van der Waals surface area contributed by atoms with Crippen molar-refractivity contribution in [3.05, 3.63) is 12.2 Å². The quantitative estimate of drug-likeness (QED) is 0.707. The van der Waals surface area contributed by atoms with Gasteiger partial charge in [-0.2, -0.15) is 5.26 Å². The number of nitriles is 1. The third kappa shape index (κ3) is 4.09. The summed E-state index contributed by atoms with van der Waals surface area (Å²) < 4.78 is 1.35. The third-order valence-corrected chi connectivity index (χ3v) is 2.04. The molecule has 0 bridgehead atoms. The van der Waals surface area contributed by atoms with E-state index in [0.717, 1.165) is 19.3 Å². The van der Waals surface area contributed by atoms with Gasteiger partial charge in [-0.1, -0.05) is 19.8 Å². The van der Waals surface area contributed by atoms with Crippen LogP contribution in [0.25, 0.3) is 0 Å². The number of rotatable bonds is 6. The first-order chi connectivity index (χ1) is 7.76. The molecule has 0 fully saturated rings. The van der Waals surface area contributed by atoms with E-state index in [1.807, 2.05) is 0 Å². The minimum atomic E-state index is -0.106. The number of amides is 1. The summed E-state index contributed by atoms with van der Waals surface area (Å²) in [5, 5.41) is 15.1. The highest BCUT2D eigenvalue weighted by molar-refractivity contribution is 5.75. The van der Waals surface area contributed by atoms with Crippen LogP contribution >= 0.6 is 0 Å². The Morgan fingerprint density at radius 1 is 1.62 bits per heavy atom. The van der Waals surface area contributed by atoms with Crippen molar-refractivity contribution >= 4 is 5.91 Å². The maximum atomic E-state index is 11.4. The van der Waals surface area contributed by atoms with Crippen LogP contribution in [0.1, 0.15) is 32.0 Å². The van der Waals surface area contributed by atoms with E-state index < -0.39 is 0 Å². The minimum absolute atomic E-state index is 0.0822. The van der Waals surface area contributed by atoms with Crippen LogP contribution in [-0.2, 0) is 11.3 Å². The summed E-state index contributed by atoms with van der Waals surface area (Å²) in [6, 6.07) is 1.81. The zero-order valence-corrected chi connectivity index (χ0v) is 9.31. The van der Waals surface area contributed by atoms with Gasteiger partial charge in [0.15, 0.2) is 0 Å². The smallest absolute Gasteiger partial charge is 0.252 e. The first kappa shape index (κ1) is 12.2. The molecule has 1 amide bonds. The predicted octanol–water partition coefficient (Wildman–Crippen LogP) is 0.456. The fourth-order valence-corrected chi connectivity index (χ4v) is 1.23. The van der Waals surface area contributed by atoms with E-state index in [0.29, 0.717) is 6.54 Å². The topological polar surface area (TPSA) is 83.6 Å². The van der Waals surface area contributed by atoms with Crippen LogP contribution in [0.2, 0.25) is 0 Å². The lowest BCUT2D eigenvalue weighted by atomic mass is 10.2. The van der Waals surface area contributed by atoms with Gasteiger partial charge in [0.2, 0.25) is 5.91 Å². The monoisotopic (exact) mass is 221 g/mol. The number of carbonyl (C=O) groups is 1. The fraction of sp³-hybridized carbons (Fsp3) is 0.600. The number of nitrogens with zero attached hydrogens (tertiary/aromatic N) is 4. The molecule has 0 unspecified atom stereocenters. The maximum Gasteiger partial charge on any atom is 0.252 e. The Morgan fingerprint density at radius 3 is 3.06 bits per heavy atom. The van der Waals surface area contributed by atoms with Crippen molar-refractivity contribution in [1.82, 2.24) is 20.1 Å². The summed E-state index contributed by atoms with van der Waals surface area (Å²) in [5.74, 6) is -0.0238. The molecule has 16 heavy (non-hydrogen) atoms. The van der Waals surface area contributed by atoms with E-state index in [1.165, 1.54) is 11.0 Å². The lowest BCUT2D eigenvalue weighted by Gasteiger charge is -2.03. The molecular weight excluding hydrogens is 206 g/mol. The fourth-order valence-electron chi connectivity index (χ4n) is 1.23. The van der Waals surface area contributed by atoms with Crippen molar-refractivity contribution in [2.45, 2.75) is 32.7 Å². The molecule has 6 heteroatoms. The normalized spacial score (nSPS) is 9.75. The minimum Gasteiger partial charge on any atom is -0.354 e. The van der Waals surface area contributed by atoms with Crippen LogP contribution in [0, 0.1) is 11.3 Å². The summed E-state index contributed by atoms with van der Waals surface area (Å²) in [6.45, 7) is 2.91. The zero-order chi connectivity index (χ0) is 11.8. The van der Waals surface area contributed by atoms with Crippen LogP contribution in [-0.4, -0.2) is 27.2 Å². The van der Waals surface area contributed by atoms with Crippen molar-refractivity contribution in [3.8, 4) is 6.07 Å². The molecule has 1 rings (SSSR count). The number of nitrogens with one attached hydrogen (secondary N) is 1. The van der Waals surface area contributed by atoms with E-state index in [9.17, 15) is 4.79 Å². The van der Waals surface area contributed by atoms with Crippen molar-refractivity contribution in [3.63, 3.8) is 0 Å². The molecule has 0 radical (unpaired) electrons. The average Bonchev–Trinajstić information content (AvgIpc) is 2.72. The van der Waals surface area contributed by atoms with Gasteiger partial charge in [0.1, 0.15) is 18.9 Å². The van der Waals surface area contributed by atoms with Gasteiger partial charge in [-0.15, -0.1) is 5.10 Å². The Labute approximate surface area is 94.3 Å². The highest BCUT2D eigenvalue weighted by Gasteiger charge is 2.04. The Kier molecular flexibility index (Phi) is 4.99. The van der Waals surface area contributed by atoms with Crippen LogP contribution in [0.5, 0.6) is 0 Å². The van der Waals surface area contributed by atoms with Gasteiger partial charge in [-0.25, -0.2) is 9.67 Å². The molecule has 1 aromatic heterocycles. The van der Waals surface area contributed by atoms with Crippen LogP contribution in [0.3, 0.4) is 0 Å². The number of aromatic nitrogens is 3. The molecule has 1 N–H and O–H groups in total. The summed E-state index contributed by atoms with van der Waals surface area (Å²) in [4.78, 5) is 15.1. The second-order valence-corrected chi connectivity index (χ2v) is 3.43. The predicted molar refractivity (Wildman–Crippen MR) is 57.3 cm³/mol. The number of hydrogen-bond donors (Lipinski definition) is 1. The molecule has 6 nitrogen and oxygen atoms in total. The van der Waals surface area contributed by atoms with Crippen molar-refractivity contribution < 1.29 is 4.79 Å². The highest BCUT2D eigenvalue weighted by Crippen LogP contribution is 1.91. The molecule has 86 valence electrons. The molecule has 0 saturated carbocycles. The molecule has 0 saturated heterocycles. The Morgan fingerprint density at radius 2 is 2.44 bits per heavy atom. The van der Waals surface area contributed by atoms with Gasteiger partial charge < -0.3 is 5.32 Å². The highest BCUT2D eigenvalue weighted by atomic mass is 16.2. The molecule has 0 aromatic carbocycles. The average molecular weight is 221 g/mol. The zero-order valence-electron chi connectivity index (χ0n) is 9.31. The first-order valence-electron chi connectivity index (χ1n) is 5.32. The van der Waals surface area contributed by atoms with Crippen molar-refractivity contribution in [1.29, 1.82) is 5.26 Å². The van der Waals surface area contributed by atoms with E-state index >= 15 is 0 Å². The molecule has 0 spiro atoms. The first-order valence-corrected chi connectivity index (χ1v) is 5.32. The van der Waals surface area contributed by atoms with Crippen LogP contribution in [0.15, 0.2) is 6.33 Å².